The Morgan fingerprint density at radius 1 is 1.12 bits per heavy atom. The summed E-state index contributed by atoms with van der Waals surface area (Å²) in [5.41, 5.74) is 0. The van der Waals surface area contributed by atoms with Crippen molar-refractivity contribution in [1.82, 2.24) is 5.32 Å². The summed E-state index contributed by atoms with van der Waals surface area (Å²) in [6.45, 7) is 0.749. The van der Waals surface area contributed by atoms with Crippen LogP contribution in [0.5, 0.6) is 0 Å². The normalized spacial score (nSPS) is 38.2. The smallest absolute Gasteiger partial charge is 0.306 e. The van der Waals surface area contributed by atoms with Gasteiger partial charge in [-0.15, -0.1) is 0 Å². The SMILES string of the molecule is O=C(O)C1CCCCC1CNC1CCCC1O. The molecule has 4 atom stereocenters. The Balaban J connectivity index is 1.81. The van der Waals surface area contributed by atoms with Crippen LogP contribution in [0.1, 0.15) is 44.9 Å². The first-order valence-electron chi connectivity index (χ1n) is 6.82. The highest BCUT2D eigenvalue weighted by atomic mass is 16.4. The molecule has 4 unspecified atom stereocenters. The standard InChI is InChI=1S/C13H23NO3/c15-12-7-3-6-11(12)14-8-9-4-1-2-5-10(9)13(16)17/h9-12,14-15H,1-8H2,(H,16,17). The van der Waals surface area contributed by atoms with E-state index in [1.807, 2.05) is 0 Å². The van der Waals surface area contributed by atoms with Crippen LogP contribution < -0.4 is 5.32 Å². The van der Waals surface area contributed by atoms with Crippen LogP contribution in [0.25, 0.3) is 0 Å². The highest BCUT2D eigenvalue weighted by Crippen LogP contribution is 2.30. The van der Waals surface area contributed by atoms with Crippen molar-refractivity contribution < 1.29 is 15.0 Å². The third-order valence-electron chi connectivity index (χ3n) is 4.35. The van der Waals surface area contributed by atoms with Gasteiger partial charge in [-0.3, -0.25) is 4.79 Å². The van der Waals surface area contributed by atoms with Crippen LogP contribution in [0.3, 0.4) is 0 Å². The lowest BCUT2D eigenvalue weighted by atomic mass is 9.79. The highest BCUT2D eigenvalue weighted by molar-refractivity contribution is 5.70. The molecular weight excluding hydrogens is 218 g/mol. The zero-order valence-corrected chi connectivity index (χ0v) is 10.3. The van der Waals surface area contributed by atoms with Crippen molar-refractivity contribution in [2.45, 2.75) is 57.1 Å². The van der Waals surface area contributed by atoms with E-state index in [0.717, 1.165) is 51.5 Å². The number of hydrogen-bond acceptors (Lipinski definition) is 3. The first-order chi connectivity index (χ1) is 8.18. The van der Waals surface area contributed by atoms with Gasteiger partial charge in [0.05, 0.1) is 12.0 Å². The monoisotopic (exact) mass is 241 g/mol. The third kappa shape index (κ3) is 3.19. The Morgan fingerprint density at radius 3 is 2.53 bits per heavy atom. The van der Waals surface area contributed by atoms with Crippen LogP contribution in [0.4, 0.5) is 0 Å². The molecule has 0 heterocycles. The molecule has 0 spiro atoms. The maximum atomic E-state index is 11.1. The molecule has 0 aromatic heterocycles. The van der Waals surface area contributed by atoms with Gasteiger partial charge in [0.25, 0.3) is 0 Å². The van der Waals surface area contributed by atoms with Crippen LogP contribution in [-0.4, -0.2) is 34.9 Å². The van der Waals surface area contributed by atoms with E-state index in [1.165, 1.54) is 0 Å². The molecule has 0 saturated heterocycles. The molecule has 0 amide bonds. The van der Waals surface area contributed by atoms with Gasteiger partial charge in [0, 0.05) is 6.04 Å². The molecule has 0 aromatic rings. The van der Waals surface area contributed by atoms with Crippen molar-refractivity contribution in [1.29, 1.82) is 0 Å². The van der Waals surface area contributed by atoms with Crippen molar-refractivity contribution in [2.24, 2.45) is 11.8 Å². The maximum Gasteiger partial charge on any atom is 0.306 e. The summed E-state index contributed by atoms with van der Waals surface area (Å²) in [5, 5.41) is 22.3. The fraction of sp³-hybridized carbons (Fsp3) is 0.923. The van der Waals surface area contributed by atoms with Crippen molar-refractivity contribution >= 4 is 5.97 Å². The molecule has 17 heavy (non-hydrogen) atoms. The van der Waals surface area contributed by atoms with E-state index in [0.29, 0.717) is 0 Å². The maximum absolute atomic E-state index is 11.1. The number of hydrogen-bond donors (Lipinski definition) is 3. The van der Waals surface area contributed by atoms with Crippen LogP contribution in [-0.2, 0) is 4.79 Å². The van der Waals surface area contributed by atoms with Crippen molar-refractivity contribution in [3.63, 3.8) is 0 Å². The van der Waals surface area contributed by atoms with Crippen molar-refractivity contribution in [3.8, 4) is 0 Å². The summed E-state index contributed by atoms with van der Waals surface area (Å²) in [5.74, 6) is -0.590. The number of aliphatic carboxylic acids is 1. The number of carbonyl (C=O) groups is 1. The second kappa shape index (κ2) is 5.83. The molecule has 2 saturated carbocycles. The van der Waals surface area contributed by atoms with Gasteiger partial charge in [0.15, 0.2) is 0 Å². The molecule has 2 aliphatic carbocycles. The molecule has 98 valence electrons. The third-order valence-corrected chi connectivity index (χ3v) is 4.35. The first-order valence-corrected chi connectivity index (χ1v) is 6.82. The average molecular weight is 241 g/mol. The Morgan fingerprint density at radius 2 is 1.88 bits per heavy atom. The number of aliphatic hydroxyl groups is 1. The van der Waals surface area contributed by atoms with Crippen LogP contribution >= 0.6 is 0 Å². The molecule has 2 aliphatic rings. The molecule has 4 heteroatoms. The zero-order valence-electron chi connectivity index (χ0n) is 10.3. The van der Waals surface area contributed by atoms with E-state index < -0.39 is 5.97 Å². The molecule has 4 nitrogen and oxygen atoms in total. The van der Waals surface area contributed by atoms with Crippen LogP contribution in [0, 0.1) is 11.8 Å². The minimum absolute atomic E-state index is 0.185. The molecule has 0 aliphatic heterocycles. The van der Waals surface area contributed by atoms with Gasteiger partial charge in [0.1, 0.15) is 0 Å². The predicted molar refractivity (Wildman–Crippen MR) is 64.7 cm³/mol. The van der Waals surface area contributed by atoms with Gasteiger partial charge in [-0.2, -0.15) is 0 Å². The van der Waals surface area contributed by atoms with Crippen LogP contribution in [0.2, 0.25) is 0 Å². The quantitative estimate of drug-likeness (QED) is 0.695. The summed E-state index contributed by atoms with van der Waals surface area (Å²) < 4.78 is 0. The Labute approximate surface area is 102 Å². The van der Waals surface area contributed by atoms with E-state index in [9.17, 15) is 15.0 Å². The second-order valence-corrected chi connectivity index (χ2v) is 5.50. The van der Waals surface area contributed by atoms with E-state index in [1.54, 1.807) is 0 Å². The highest BCUT2D eigenvalue weighted by Gasteiger charge is 2.32. The molecule has 0 aromatic carbocycles. The molecule has 3 N–H and O–H groups in total. The van der Waals surface area contributed by atoms with Crippen LogP contribution in [0.15, 0.2) is 0 Å². The van der Waals surface area contributed by atoms with Gasteiger partial charge >= 0.3 is 5.97 Å². The van der Waals surface area contributed by atoms with E-state index in [2.05, 4.69) is 5.32 Å². The Kier molecular flexibility index (Phi) is 4.40. The summed E-state index contributed by atoms with van der Waals surface area (Å²) in [7, 11) is 0. The van der Waals surface area contributed by atoms with Gasteiger partial charge in [-0.05, 0) is 44.6 Å². The number of rotatable bonds is 4. The van der Waals surface area contributed by atoms with Gasteiger partial charge < -0.3 is 15.5 Å². The second-order valence-electron chi connectivity index (χ2n) is 5.50. The first kappa shape index (κ1) is 12.8. The fourth-order valence-electron chi connectivity index (χ4n) is 3.26. The lowest BCUT2D eigenvalue weighted by Crippen LogP contribution is -2.42. The fourth-order valence-corrected chi connectivity index (χ4v) is 3.26. The van der Waals surface area contributed by atoms with E-state index in [-0.39, 0.29) is 24.0 Å². The lowest BCUT2D eigenvalue weighted by Gasteiger charge is -2.30. The lowest BCUT2D eigenvalue weighted by molar-refractivity contribution is -0.144. The summed E-state index contributed by atoms with van der Waals surface area (Å²) >= 11 is 0. The topological polar surface area (TPSA) is 69.6 Å². The molecule has 0 bridgehead atoms. The Bertz CT molecular complexity index is 269. The summed E-state index contributed by atoms with van der Waals surface area (Å²) in [4.78, 5) is 11.1. The van der Waals surface area contributed by atoms with E-state index in [4.69, 9.17) is 0 Å². The summed E-state index contributed by atoms with van der Waals surface area (Å²) in [6.07, 6.45) is 6.74. The zero-order chi connectivity index (χ0) is 12.3. The number of aliphatic hydroxyl groups excluding tert-OH is 1. The average Bonchev–Trinajstić information content (AvgIpc) is 2.72. The predicted octanol–water partition coefficient (Wildman–Crippen LogP) is 1.38. The number of carboxylic acid groups (broad SMARTS) is 1. The van der Waals surface area contributed by atoms with Crippen molar-refractivity contribution in [2.75, 3.05) is 6.54 Å². The number of nitrogens with one attached hydrogen (secondary N) is 1. The van der Waals surface area contributed by atoms with Crippen molar-refractivity contribution in [3.05, 3.63) is 0 Å². The molecule has 2 rings (SSSR count). The van der Waals surface area contributed by atoms with Gasteiger partial charge in [0.2, 0.25) is 0 Å². The van der Waals surface area contributed by atoms with Gasteiger partial charge in [-0.1, -0.05) is 12.8 Å². The minimum atomic E-state index is -0.650. The Hall–Kier alpha value is -0.610. The van der Waals surface area contributed by atoms with Gasteiger partial charge in [-0.25, -0.2) is 0 Å². The minimum Gasteiger partial charge on any atom is -0.481 e. The van der Waals surface area contributed by atoms with E-state index >= 15 is 0 Å². The number of carboxylic acids is 1. The molecule has 2 fully saturated rings. The largest absolute Gasteiger partial charge is 0.481 e. The molecular formula is C13H23NO3. The molecule has 0 radical (unpaired) electrons. The summed E-state index contributed by atoms with van der Waals surface area (Å²) in [6, 6.07) is 0.186.